The van der Waals surface area contributed by atoms with Crippen LogP contribution in [0.3, 0.4) is 0 Å². The minimum atomic E-state index is -3.04. The molecule has 0 N–H and O–H groups in total. The second kappa shape index (κ2) is 4.84. The second-order valence-electron chi connectivity index (χ2n) is 5.06. The van der Waals surface area contributed by atoms with Gasteiger partial charge in [0.1, 0.15) is 9.84 Å². The Morgan fingerprint density at radius 3 is 2.19 bits per heavy atom. The molecule has 0 spiro atoms. The van der Waals surface area contributed by atoms with Crippen molar-refractivity contribution < 1.29 is 13.2 Å². The Kier molecular flexibility index (Phi) is 4.12. The summed E-state index contributed by atoms with van der Waals surface area (Å²) in [6.45, 7) is 5.67. The first-order valence-corrected chi connectivity index (χ1v) is 7.75. The smallest absolute Gasteiger partial charge is 0.153 e. The van der Waals surface area contributed by atoms with Gasteiger partial charge in [0.05, 0.1) is 11.3 Å². The molecule has 0 aliphatic carbocycles. The lowest BCUT2D eigenvalue weighted by Gasteiger charge is -2.33. The molecule has 0 aromatic heterocycles. The molecule has 0 atom stereocenters. The van der Waals surface area contributed by atoms with E-state index in [-0.39, 0.29) is 18.0 Å². The number of hydrogen-bond acceptors (Lipinski definition) is 4. The third-order valence-electron chi connectivity index (χ3n) is 3.28. The van der Waals surface area contributed by atoms with E-state index in [1.165, 1.54) is 6.26 Å². The number of likely N-dealkylation sites (tertiary alicyclic amines) is 1. The van der Waals surface area contributed by atoms with Gasteiger partial charge in [-0.1, -0.05) is 0 Å². The van der Waals surface area contributed by atoms with Crippen molar-refractivity contribution in [3.8, 4) is 0 Å². The van der Waals surface area contributed by atoms with Crippen molar-refractivity contribution in [1.82, 2.24) is 4.90 Å². The molecule has 0 bridgehead atoms. The monoisotopic (exact) mass is 247 g/mol. The van der Waals surface area contributed by atoms with E-state index < -0.39 is 15.4 Å². The van der Waals surface area contributed by atoms with Gasteiger partial charge >= 0.3 is 0 Å². The van der Waals surface area contributed by atoms with E-state index in [0.29, 0.717) is 0 Å². The van der Waals surface area contributed by atoms with Crippen molar-refractivity contribution in [2.75, 3.05) is 25.1 Å². The molecular weight excluding hydrogens is 226 g/mol. The van der Waals surface area contributed by atoms with Crippen LogP contribution in [0.15, 0.2) is 0 Å². The Labute approximate surface area is 97.9 Å². The number of carbonyl (C=O) groups excluding carboxylic acids is 1. The Bertz CT molecular complexity index is 353. The number of ketones is 1. The van der Waals surface area contributed by atoms with Crippen LogP contribution in [0.4, 0.5) is 0 Å². The summed E-state index contributed by atoms with van der Waals surface area (Å²) in [7, 11) is -3.04. The topological polar surface area (TPSA) is 54.5 Å². The van der Waals surface area contributed by atoms with Gasteiger partial charge in [-0.3, -0.25) is 9.69 Å². The fourth-order valence-electron chi connectivity index (χ4n) is 2.04. The second-order valence-corrected chi connectivity index (χ2v) is 7.32. The van der Waals surface area contributed by atoms with Gasteiger partial charge < -0.3 is 0 Å². The average Bonchev–Trinajstić information content (AvgIpc) is 2.65. The fraction of sp³-hybridized carbons (Fsp3) is 0.909. The van der Waals surface area contributed by atoms with Gasteiger partial charge in [0.15, 0.2) is 5.78 Å². The van der Waals surface area contributed by atoms with Crippen LogP contribution in [0, 0.1) is 0 Å². The molecule has 16 heavy (non-hydrogen) atoms. The Morgan fingerprint density at radius 1 is 1.25 bits per heavy atom. The summed E-state index contributed by atoms with van der Waals surface area (Å²) in [4.78, 5) is 14.1. The largest absolute Gasteiger partial charge is 0.298 e. The summed E-state index contributed by atoms with van der Waals surface area (Å²) < 4.78 is 22.0. The minimum Gasteiger partial charge on any atom is -0.298 e. The number of rotatable bonds is 5. The Morgan fingerprint density at radius 2 is 1.75 bits per heavy atom. The quantitative estimate of drug-likeness (QED) is 0.723. The zero-order valence-electron chi connectivity index (χ0n) is 10.3. The summed E-state index contributed by atoms with van der Waals surface area (Å²) in [5, 5.41) is 0. The maximum absolute atomic E-state index is 12.0. The van der Waals surface area contributed by atoms with Crippen molar-refractivity contribution in [1.29, 1.82) is 0 Å². The third-order valence-corrected chi connectivity index (χ3v) is 4.22. The van der Waals surface area contributed by atoms with Gasteiger partial charge in [-0.15, -0.1) is 0 Å². The number of Topliss-reactive ketones (excluding diaryl/α,β-unsaturated/α-hetero) is 1. The average molecular weight is 247 g/mol. The Hall–Kier alpha value is -0.420. The summed E-state index contributed by atoms with van der Waals surface area (Å²) >= 11 is 0. The van der Waals surface area contributed by atoms with E-state index in [2.05, 4.69) is 4.90 Å². The zero-order valence-corrected chi connectivity index (χ0v) is 11.1. The van der Waals surface area contributed by atoms with E-state index in [0.717, 1.165) is 25.9 Å². The van der Waals surface area contributed by atoms with Gasteiger partial charge in [-0.25, -0.2) is 8.42 Å². The van der Waals surface area contributed by atoms with Crippen LogP contribution < -0.4 is 0 Å². The molecule has 0 aromatic rings. The predicted molar refractivity (Wildman–Crippen MR) is 64.2 cm³/mol. The van der Waals surface area contributed by atoms with Crippen LogP contribution in [-0.4, -0.2) is 49.7 Å². The first kappa shape index (κ1) is 13.6. The van der Waals surface area contributed by atoms with Crippen molar-refractivity contribution in [2.45, 2.75) is 38.6 Å². The molecule has 1 fully saturated rings. The molecule has 0 aromatic carbocycles. The van der Waals surface area contributed by atoms with Crippen LogP contribution in [0.1, 0.15) is 33.1 Å². The first-order chi connectivity index (χ1) is 7.23. The molecule has 1 rings (SSSR count). The van der Waals surface area contributed by atoms with Crippen molar-refractivity contribution in [2.24, 2.45) is 0 Å². The molecule has 94 valence electrons. The molecule has 1 aliphatic rings. The van der Waals surface area contributed by atoms with E-state index >= 15 is 0 Å². The maximum atomic E-state index is 12.0. The Balaban J connectivity index is 2.57. The van der Waals surface area contributed by atoms with Gasteiger partial charge in [-0.2, -0.15) is 0 Å². The first-order valence-electron chi connectivity index (χ1n) is 5.69. The lowest BCUT2D eigenvalue weighted by atomic mass is 9.95. The van der Waals surface area contributed by atoms with Gasteiger partial charge in [-0.05, 0) is 39.8 Å². The number of nitrogens with zero attached hydrogens (tertiary/aromatic N) is 1. The van der Waals surface area contributed by atoms with Gasteiger partial charge in [0.2, 0.25) is 0 Å². The SMILES string of the molecule is CC(C)(C(=O)CCS(C)(=O)=O)N1CCCC1. The van der Waals surface area contributed by atoms with Crippen LogP contribution in [-0.2, 0) is 14.6 Å². The van der Waals surface area contributed by atoms with Gasteiger partial charge in [0.25, 0.3) is 0 Å². The molecule has 0 unspecified atom stereocenters. The highest BCUT2D eigenvalue weighted by Crippen LogP contribution is 2.23. The third kappa shape index (κ3) is 3.56. The molecule has 1 saturated heterocycles. The van der Waals surface area contributed by atoms with Crippen LogP contribution in [0.5, 0.6) is 0 Å². The molecule has 1 heterocycles. The molecular formula is C11H21NO3S. The van der Waals surface area contributed by atoms with E-state index in [9.17, 15) is 13.2 Å². The summed E-state index contributed by atoms with van der Waals surface area (Å²) in [6, 6.07) is 0. The highest BCUT2D eigenvalue weighted by molar-refractivity contribution is 7.90. The summed E-state index contributed by atoms with van der Waals surface area (Å²) in [5.41, 5.74) is -0.513. The minimum absolute atomic E-state index is 0.0276. The maximum Gasteiger partial charge on any atom is 0.153 e. The number of sulfone groups is 1. The summed E-state index contributed by atoms with van der Waals surface area (Å²) in [5.74, 6) is -0.0110. The normalized spacial score (nSPS) is 18.9. The number of hydrogen-bond donors (Lipinski definition) is 0. The molecule has 0 amide bonds. The van der Waals surface area contributed by atoms with Gasteiger partial charge in [0, 0.05) is 12.7 Å². The van der Waals surface area contributed by atoms with Crippen LogP contribution >= 0.6 is 0 Å². The van der Waals surface area contributed by atoms with E-state index in [4.69, 9.17) is 0 Å². The lowest BCUT2D eigenvalue weighted by Crippen LogP contribution is -2.48. The van der Waals surface area contributed by atoms with Crippen molar-refractivity contribution in [3.63, 3.8) is 0 Å². The van der Waals surface area contributed by atoms with Crippen molar-refractivity contribution >= 4 is 15.6 Å². The lowest BCUT2D eigenvalue weighted by molar-refractivity contribution is -0.128. The summed E-state index contributed by atoms with van der Waals surface area (Å²) in [6.07, 6.45) is 3.55. The molecule has 0 radical (unpaired) electrons. The standard InChI is InChI=1S/C11H21NO3S/c1-11(2,12-7-4-5-8-12)10(13)6-9-16(3,14)15/h4-9H2,1-3H3. The van der Waals surface area contributed by atoms with E-state index in [1.807, 2.05) is 13.8 Å². The molecule has 1 aliphatic heterocycles. The highest BCUT2D eigenvalue weighted by atomic mass is 32.2. The van der Waals surface area contributed by atoms with Crippen LogP contribution in [0.25, 0.3) is 0 Å². The highest BCUT2D eigenvalue weighted by Gasteiger charge is 2.35. The molecule has 0 saturated carbocycles. The fourth-order valence-corrected chi connectivity index (χ4v) is 2.59. The van der Waals surface area contributed by atoms with Crippen LogP contribution in [0.2, 0.25) is 0 Å². The van der Waals surface area contributed by atoms with Crippen molar-refractivity contribution in [3.05, 3.63) is 0 Å². The van der Waals surface area contributed by atoms with E-state index in [1.54, 1.807) is 0 Å². The molecule has 5 heteroatoms. The zero-order chi connectivity index (χ0) is 12.4. The number of carbonyl (C=O) groups is 1. The predicted octanol–water partition coefficient (Wildman–Crippen LogP) is 0.865. The molecule has 4 nitrogen and oxygen atoms in total.